The van der Waals surface area contributed by atoms with Gasteiger partial charge >= 0.3 is 0 Å². The third-order valence-electron chi connectivity index (χ3n) is 2.40. The molecule has 0 amide bonds. The summed E-state index contributed by atoms with van der Waals surface area (Å²) in [6.45, 7) is 1.66. The molecular formula is C13H12FNO2. The Kier molecular flexibility index (Phi) is 3.35. The van der Waals surface area contributed by atoms with E-state index in [-0.39, 0.29) is 12.4 Å². The second-order valence-electron chi connectivity index (χ2n) is 3.65. The van der Waals surface area contributed by atoms with Crippen molar-refractivity contribution < 1.29 is 14.2 Å². The molecule has 0 fully saturated rings. The summed E-state index contributed by atoms with van der Waals surface area (Å²) in [7, 11) is 0. The van der Waals surface area contributed by atoms with Gasteiger partial charge in [0.15, 0.2) is 0 Å². The summed E-state index contributed by atoms with van der Waals surface area (Å²) in [4.78, 5) is 3.88. The molecule has 0 radical (unpaired) electrons. The van der Waals surface area contributed by atoms with Gasteiger partial charge in [0, 0.05) is 24.0 Å². The highest BCUT2D eigenvalue weighted by atomic mass is 19.1. The van der Waals surface area contributed by atoms with Crippen molar-refractivity contribution in [3.8, 4) is 11.5 Å². The summed E-state index contributed by atoms with van der Waals surface area (Å²) in [5, 5.41) is 9.13. The van der Waals surface area contributed by atoms with E-state index in [0.29, 0.717) is 17.1 Å². The van der Waals surface area contributed by atoms with Gasteiger partial charge in [-0.3, -0.25) is 4.98 Å². The molecule has 0 aliphatic rings. The summed E-state index contributed by atoms with van der Waals surface area (Å²) in [6, 6.07) is 5.97. The van der Waals surface area contributed by atoms with Gasteiger partial charge in [-0.05, 0) is 24.6 Å². The van der Waals surface area contributed by atoms with Crippen LogP contribution in [0.3, 0.4) is 0 Å². The lowest BCUT2D eigenvalue weighted by Gasteiger charge is -2.11. The van der Waals surface area contributed by atoms with Crippen LogP contribution in [-0.2, 0) is 6.61 Å². The first-order chi connectivity index (χ1) is 8.20. The Balaban J connectivity index is 2.34. The molecule has 0 bridgehead atoms. The minimum absolute atomic E-state index is 0.169. The molecule has 0 saturated carbocycles. The van der Waals surface area contributed by atoms with Crippen molar-refractivity contribution in [1.82, 2.24) is 4.98 Å². The van der Waals surface area contributed by atoms with Crippen molar-refractivity contribution in [2.45, 2.75) is 13.5 Å². The third kappa shape index (κ3) is 2.60. The molecule has 88 valence electrons. The van der Waals surface area contributed by atoms with E-state index >= 15 is 0 Å². The number of pyridine rings is 1. The van der Waals surface area contributed by atoms with E-state index in [0.717, 1.165) is 5.56 Å². The number of aliphatic hydroxyl groups is 1. The maximum Gasteiger partial charge on any atom is 0.136 e. The van der Waals surface area contributed by atoms with Crippen LogP contribution in [0.5, 0.6) is 11.5 Å². The molecule has 0 aliphatic carbocycles. The Bertz CT molecular complexity index is 529. The Morgan fingerprint density at radius 2 is 2.12 bits per heavy atom. The van der Waals surface area contributed by atoms with Gasteiger partial charge in [-0.25, -0.2) is 4.39 Å². The first kappa shape index (κ1) is 11.5. The van der Waals surface area contributed by atoms with Crippen molar-refractivity contribution >= 4 is 0 Å². The minimum atomic E-state index is -0.356. The second-order valence-corrected chi connectivity index (χ2v) is 3.65. The average molecular weight is 233 g/mol. The van der Waals surface area contributed by atoms with Crippen LogP contribution in [0.1, 0.15) is 11.1 Å². The van der Waals surface area contributed by atoms with Gasteiger partial charge in [0.2, 0.25) is 0 Å². The lowest BCUT2D eigenvalue weighted by molar-refractivity contribution is 0.276. The molecule has 1 N–H and O–H groups in total. The molecule has 0 saturated heterocycles. The number of halogens is 1. The fourth-order valence-electron chi connectivity index (χ4n) is 1.44. The van der Waals surface area contributed by atoms with Gasteiger partial charge in [0.1, 0.15) is 17.3 Å². The van der Waals surface area contributed by atoms with Gasteiger partial charge < -0.3 is 9.84 Å². The van der Waals surface area contributed by atoms with E-state index in [1.54, 1.807) is 18.3 Å². The zero-order chi connectivity index (χ0) is 12.3. The predicted octanol–water partition coefficient (Wildman–Crippen LogP) is 2.81. The summed E-state index contributed by atoms with van der Waals surface area (Å²) < 4.78 is 18.7. The minimum Gasteiger partial charge on any atom is -0.456 e. The SMILES string of the molecule is Cc1ccc(F)cc1Oc1ccncc1CO. The molecule has 3 nitrogen and oxygen atoms in total. The lowest BCUT2D eigenvalue weighted by atomic mass is 10.2. The number of aromatic nitrogens is 1. The molecule has 0 aliphatic heterocycles. The molecule has 1 aromatic carbocycles. The monoisotopic (exact) mass is 233 g/mol. The number of rotatable bonds is 3. The van der Waals surface area contributed by atoms with Crippen LogP contribution in [0.2, 0.25) is 0 Å². The third-order valence-corrected chi connectivity index (χ3v) is 2.40. The van der Waals surface area contributed by atoms with Crippen molar-refractivity contribution in [3.63, 3.8) is 0 Å². The van der Waals surface area contributed by atoms with Crippen LogP contribution < -0.4 is 4.74 Å². The first-order valence-corrected chi connectivity index (χ1v) is 5.18. The summed E-state index contributed by atoms with van der Waals surface area (Å²) in [5.74, 6) is 0.562. The van der Waals surface area contributed by atoms with E-state index in [9.17, 15) is 4.39 Å². The zero-order valence-corrected chi connectivity index (χ0v) is 9.35. The van der Waals surface area contributed by atoms with Gasteiger partial charge in [-0.15, -0.1) is 0 Å². The number of aliphatic hydroxyl groups excluding tert-OH is 1. The fourth-order valence-corrected chi connectivity index (χ4v) is 1.44. The molecule has 1 heterocycles. The zero-order valence-electron chi connectivity index (χ0n) is 9.35. The molecule has 1 aromatic heterocycles. The van der Waals surface area contributed by atoms with Crippen LogP contribution in [0, 0.1) is 12.7 Å². The topological polar surface area (TPSA) is 42.4 Å². The van der Waals surface area contributed by atoms with Crippen LogP contribution in [0.15, 0.2) is 36.7 Å². The molecule has 17 heavy (non-hydrogen) atoms. The second kappa shape index (κ2) is 4.93. The van der Waals surface area contributed by atoms with E-state index in [1.165, 1.54) is 18.3 Å². The van der Waals surface area contributed by atoms with E-state index in [2.05, 4.69) is 4.98 Å². The number of hydrogen-bond acceptors (Lipinski definition) is 3. The van der Waals surface area contributed by atoms with Crippen LogP contribution >= 0.6 is 0 Å². The highest BCUT2D eigenvalue weighted by molar-refractivity contribution is 5.39. The van der Waals surface area contributed by atoms with Gasteiger partial charge in [0.25, 0.3) is 0 Å². The smallest absolute Gasteiger partial charge is 0.136 e. The number of hydrogen-bond donors (Lipinski definition) is 1. The molecule has 0 atom stereocenters. The number of aryl methyl sites for hydroxylation is 1. The molecule has 2 aromatic rings. The fraction of sp³-hybridized carbons (Fsp3) is 0.154. The molecule has 4 heteroatoms. The number of ether oxygens (including phenoxy) is 1. The summed E-state index contributed by atoms with van der Waals surface area (Å²) in [5.41, 5.74) is 1.39. The molecule has 0 unspecified atom stereocenters. The highest BCUT2D eigenvalue weighted by Crippen LogP contribution is 2.27. The van der Waals surface area contributed by atoms with Crippen LogP contribution in [0.4, 0.5) is 4.39 Å². The van der Waals surface area contributed by atoms with Crippen molar-refractivity contribution in [3.05, 3.63) is 53.6 Å². The summed E-state index contributed by atoms with van der Waals surface area (Å²) in [6.07, 6.45) is 3.08. The quantitative estimate of drug-likeness (QED) is 0.886. The Morgan fingerprint density at radius 3 is 2.88 bits per heavy atom. The Hall–Kier alpha value is -1.94. The standard InChI is InChI=1S/C13H12FNO2/c1-9-2-3-11(14)6-13(9)17-12-4-5-15-7-10(12)8-16/h2-7,16H,8H2,1H3. The summed E-state index contributed by atoms with van der Waals surface area (Å²) >= 11 is 0. The molecule has 2 rings (SSSR count). The van der Waals surface area contributed by atoms with E-state index in [4.69, 9.17) is 9.84 Å². The largest absolute Gasteiger partial charge is 0.456 e. The average Bonchev–Trinajstić information content (AvgIpc) is 2.34. The van der Waals surface area contributed by atoms with Crippen molar-refractivity contribution in [2.24, 2.45) is 0 Å². The van der Waals surface area contributed by atoms with Crippen molar-refractivity contribution in [2.75, 3.05) is 0 Å². The van der Waals surface area contributed by atoms with Crippen LogP contribution in [-0.4, -0.2) is 10.1 Å². The number of benzene rings is 1. The number of nitrogens with zero attached hydrogens (tertiary/aromatic N) is 1. The van der Waals surface area contributed by atoms with E-state index < -0.39 is 0 Å². The van der Waals surface area contributed by atoms with Crippen molar-refractivity contribution in [1.29, 1.82) is 0 Å². The Labute approximate surface area is 98.5 Å². The predicted molar refractivity (Wildman–Crippen MR) is 61.4 cm³/mol. The van der Waals surface area contributed by atoms with Crippen LogP contribution in [0.25, 0.3) is 0 Å². The van der Waals surface area contributed by atoms with Gasteiger partial charge in [-0.1, -0.05) is 6.07 Å². The molecule has 0 spiro atoms. The first-order valence-electron chi connectivity index (χ1n) is 5.18. The Morgan fingerprint density at radius 1 is 1.29 bits per heavy atom. The maximum absolute atomic E-state index is 13.1. The van der Waals surface area contributed by atoms with Gasteiger partial charge in [0.05, 0.1) is 6.61 Å². The van der Waals surface area contributed by atoms with E-state index in [1.807, 2.05) is 6.92 Å². The molecular weight excluding hydrogens is 221 g/mol. The highest BCUT2D eigenvalue weighted by Gasteiger charge is 2.07. The normalized spacial score (nSPS) is 10.3. The lowest BCUT2D eigenvalue weighted by Crippen LogP contribution is -1.94. The van der Waals surface area contributed by atoms with Gasteiger partial charge in [-0.2, -0.15) is 0 Å². The maximum atomic E-state index is 13.1.